The van der Waals surface area contributed by atoms with Gasteiger partial charge in [-0.1, -0.05) is 39.3 Å². The van der Waals surface area contributed by atoms with E-state index in [2.05, 4.69) is 13.8 Å². The number of rotatable bonds is 7. The van der Waals surface area contributed by atoms with Gasteiger partial charge in [0.1, 0.15) is 0 Å². The monoisotopic (exact) mass is 366 g/mol. The van der Waals surface area contributed by atoms with E-state index in [0.717, 1.165) is 12.8 Å². The van der Waals surface area contributed by atoms with Crippen molar-refractivity contribution in [2.45, 2.75) is 40.0 Å². The van der Waals surface area contributed by atoms with Crippen LogP contribution in [0.25, 0.3) is 0 Å². The Morgan fingerprint density at radius 3 is 2.20 bits per heavy atom. The summed E-state index contributed by atoms with van der Waals surface area (Å²) in [5, 5.41) is 0. The normalized spacial score (nSPS) is 16.4. The van der Waals surface area contributed by atoms with E-state index in [4.69, 9.17) is 0 Å². The second-order valence-corrected chi connectivity index (χ2v) is 9.24. The standard InChI is InChI=1S/C19H30N2O3S/c1-4-5-14-25(23,24)21-12-10-20(11-13-21)19(22)18-8-6-17(7-9-18)15-16(2)3/h6-9,16H,4-5,10-15H2,1-3H3. The number of sulfonamides is 1. The lowest BCUT2D eigenvalue weighted by Crippen LogP contribution is -2.51. The van der Waals surface area contributed by atoms with E-state index >= 15 is 0 Å². The molecule has 1 heterocycles. The van der Waals surface area contributed by atoms with E-state index in [9.17, 15) is 13.2 Å². The van der Waals surface area contributed by atoms with Gasteiger partial charge in [-0.05, 0) is 36.5 Å². The number of hydrogen-bond donors (Lipinski definition) is 0. The van der Waals surface area contributed by atoms with Crippen molar-refractivity contribution in [2.75, 3.05) is 31.9 Å². The van der Waals surface area contributed by atoms with Crippen LogP contribution < -0.4 is 0 Å². The van der Waals surface area contributed by atoms with Gasteiger partial charge in [-0.3, -0.25) is 4.79 Å². The van der Waals surface area contributed by atoms with E-state index in [1.807, 2.05) is 31.2 Å². The first-order chi connectivity index (χ1) is 11.8. The molecule has 0 saturated carbocycles. The van der Waals surface area contributed by atoms with Crippen LogP contribution in [0.4, 0.5) is 0 Å². The van der Waals surface area contributed by atoms with Crippen LogP contribution in [0.2, 0.25) is 0 Å². The Balaban J connectivity index is 1.93. The van der Waals surface area contributed by atoms with Gasteiger partial charge in [0.25, 0.3) is 5.91 Å². The molecule has 1 amide bonds. The fourth-order valence-electron chi connectivity index (χ4n) is 3.06. The van der Waals surface area contributed by atoms with Crippen molar-refractivity contribution in [3.63, 3.8) is 0 Å². The highest BCUT2D eigenvalue weighted by atomic mass is 32.2. The molecule has 25 heavy (non-hydrogen) atoms. The molecule has 1 saturated heterocycles. The van der Waals surface area contributed by atoms with Crippen molar-refractivity contribution in [2.24, 2.45) is 5.92 Å². The average Bonchev–Trinajstić information content (AvgIpc) is 2.60. The first kappa shape index (κ1) is 19.9. The number of hydrogen-bond acceptors (Lipinski definition) is 3. The predicted octanol–water partition coefficient (Wildman–Crippen LogP) is 2.77. The lowest BCUT2D eigenvalue weighted by atomic mass is 10.0. The zero-order valence-electron chi connectivity index (χ0n) is 15.6. The SMILES string of the molecule is CCCCS(=O)(=O)N1CCN(C(=O)c2ccc(CC(C)C)cc2)CC1. The van der Waals surface area contributed by atoms with Crippen LogP contribution in [0.15, 0.2) is 24.3 Å². The highest BCUT2D eigenvalue weighted by molar-refractivity contribution is 7.89. The molecule has 0 radical (unpaired) electrons. The number of carbonyl (C=O) groups is 1. The Kier molecular flexibility index (Phi) is 7.02. The van der Waals surface area contributed by atoms with Gasteiger partial charge in [0, 0.05) is 31.7 Å². The average molecular weight is 367 g/mol. The maximum Gasteiger partial charge on any atom is 0.253 e. The molecule has 0 N–H and O–H groups in total. The number of benzene rings is 1. The highest BCUT2D eigenvalue weighted by Crippen LogP contribution is 2.15. The first-order valence-corrected chi connectivity index (χ1v) is 10.8. The second kappa shape index (κ2) is 8.81. The molecule has 1 fully saturated rings. The Bertz CT molecular complexity index is 660. The molecule has 0 aliphatic carbocycles. The van der Waals surface area contributed by atoms with Crippen molar-refractivity contribution in [3.8, 4) is 0 Å². The van der Waals surface area contributed by atoms with Crippen LogP contribution in [0.1, 0.15) is 49.5 Å². The minimum Gasteiger partial charge on any atom is -0.336 e. The molecular formula is C19H30N2O3S. The van der Waals surface area contributed by atoms with Crippen LogP contribution in [0.3, 0.4) is 0 Å². The topological polar surface area (TPSA) is 57.7 Å². The Morgan fingerprint density at radius 2 is 1.68 bits per heavy atom. The predicted molar refractivity (Wildman–Crippen MR) is 101 cm³/mol. The van der Waals surface area contributed by atoms with Crippen LogP contribution in [-0.4, -0.2) is 55.5 Å². The van der Waals surface area contributed by atoms with Gasteiger partial charge < -0.3 is 4.90 Å². The van der Waals surface area contributed by atoms with E-state index in [1.165, 1.54) is 9.87 Å². The van der Waals surface area contributed by atoms with Crippen LogP contribution in [0.5, 0.6) is 0 Å². The molecule has 6 heteroatoms. The fourth-order valence-corrected chi connectivity index (χ4v) is 4.69. The van der Waals surface area contributed by atoms with Gasteiger partial charge in [0.15, 0.2) is 0 Å². The molecule has 1 aromatic rings. The highest BCUT2D eigenvalue weighted by Gasteiger charge is 2.28. The van der Waals surface area contributed by atoms with Crippen LogP contribution in [-0.2, 0) is 16.4 Å². The van der Waals surface area contributed by atoms with Crippen molar-refractivity contribution in [1.29, 1.82) is 0 Å². The number of amides is 1. The minimum atomic E-state index is -3.18. The van der Waals surface area contributed by atoms with Crippen LogP contribution in [0, 0.1) is 5.92 Å². The Morgan fingerprint density at radius 1 is 1.08 bits per heavy atom. The molecule has 1 aliphatic heterocycles. The second-order valence-electron chi connectivity index (χ2n) is 7.16. The number of piperazine rings is 1. The minimum absolute atomic E-state index is 0.0123. The third-order valence-corrected chi connectivity index (χ3v) is 6.48. The molecule has 0 aromatic heterocycles. The summed E-state index contributed by atoms with van der Waals surface area (Å²) >= 11 is 0. The maximum absolute atomic E-state index is 12.6. The van der Waals surface area contributed by atoms with Gasteiger partial charge in [-0.15, -0.1) is 0 Å². The summed E-state index contributed by atoms with van der Waals surface area (Å²) < 4.78 is 26.0. The van der Waals surface area contributed by atoms with E-state index in [1.54, 1.807) is 4.90 Å². The third-order valence-electron chi connectivity index (χ3n) is 4.52. The van der Waals surface area contributed by atoms with Gasteiger partial charge in [-0.2, -0.15) is 4.31 Å². The van der Waals surface area contributed by atoms with Gasteiger partial charge in [0.2, 0.25) is 10.0 Å². The van der Waals surface area contributed by atoms with Crippen molar-refractivity contribution in [3.05, 3.63) is 35.4 Å². The molecule has 140 valence electrons. The van der Waals surface area contributed by atoms with E-state index in [0.29, 0.717) is 44.1 Å². The number of nitrogens with zero attached hydrogens (tertiary/aromatic N) is 2. The largest absolute Gasteiger partial charge is 0.336 e. The molecule has 1 aliphatic rings. The van der Waals surface area contributed by atoms with Gasteiger partial charge >= 0.3 is 0 Å². The molecule has 0 spiro atoms. The summed E-state index contributed by atoms with van der Waals surface area (Å²) in [4.78, 5) is 14.4. The summed E-state index contributed by atoms with van der Waals surface area (Å²) in [5.74, 6) is 0.778. The van der Waals surface area contributed by atoms with Crippen LogP contribution >= 0.6 is 0 Å². The lowest BCUT2D eigenvalue weighted by Gasteiger charge is -2.34. The fraction of sp³-hybridized carbons (Fsp3) is 0.632. The molecule has 2 rings (SSSR count). The molecule has 0 unspecified atom stereocenters. The smallest absolute Gasteiger partial charge is 0.253 e. The van der Waals surface area contributed by atoms with Gasteiger partial charge in [-0.25, -0.2) is 8.42 Å². The van der Waals surface area contributed by atoms with Gasteiger partial charge in [0.05, 0.1) is 5.75 Å². The summed E-state index contributed by atoms with van der Waals surface area (Å²) in [7, 11) is -3.18. The summed E-state index contributed by atoms with van der Waals surface area (Å²) in [5.41, 5.74) is 1.91. The van der Waals surface area contributed by atoms with E-state index in [-0.39, 0.29) is 11.7 Å². The molecule has 0 atom stereocenters. The number of unbranched alkanes of at least 4 members (excludes halogenated alkanes) is 1. The number of carbonyl (C=O) groups excluding carboxylic acids is 1. The van der Waals surface area contributed by atoms with Crippen molar-refractivity contribution >= 4 is 15.9 Å². The molecule has 0 bridgehead atoms. The Hall–Kier alpha value is -1.40. The zero-order chi connectivity index (χ0) is 18.4. The summed E-state index contributed by atoms with van der Waals surface area (Å²) in [6.45, 7) is 8.03. The first-order valence-electron chi connectivity index (χ1n) is 9.19. The zero-order valence-corrected chi connectivity index (χ0v) is 16.4. The van der Waals surface area contributed by atoms with E-state index < -0.39 is 10.0 Å². The van der Waals surface area contributed by atoms with Crippen molar-refractivity contribution in [1.82, 2.24) is 9.21 Å². The lowest BCUT2D eigenvalue weighted by molar-refractivity contribution is 0.0698. The summed E-state index contributed by atoms with van der Waals surface area (Å²) in [6.07, 6.45) is 2.55. The quantitative estimate of drug-likeness (QED) is 0.745. The molecule has 5 nitrogen and oxygen atoms in total. The third kappa shape index (κ3) is 5.54. The summed E-state index contributed by atoms with van der Waals surface area (Å²) in [6, 6.07) is 7.78. The molecular weight excluding hydrogens is 336 g/mol. The Labute approximate surface area is 152 Å². The van der Waals surface area contributed by atoms with Crippen molar-refractivity contribution < 1.29 is 13.2 Å². The molecule has 1 aromatic carbocycles. The maximum atomic E-state index is 12.6.